The molecule has 1 heterocycles. The van der Waals surface area contributed by atoms with Crippen LogP contribution in [0.5, 0.6) is 0 Å². The van der Waals surface area contributed by atoms with Crippen LogP contribution in [0.25, 0.3) is 0 Å². The number of hydrogen-bond donors (Lipinski definition) is 2. The summed E-state index contributed by atoms with van der Waals surface area (Å²) in [5, 5.41) is 20.8. The minimum Gasteiger partial charge on any atom is -0.481 e. The molecule has 5 heteroatoms. The first kappa shape index (κ1) is 13.0. The second-order valence-corrected chi connectivity index (χ2v) is 3.74. The molecule has 1 unspecified atom stereocenters. The highest BCUT2D eigenvalue weighted by molar-refractivity contribution is 5.71. The number of aliphatic carboxylic acids is 1. The van der Waals surface area contributed by atoms with Crippen molar-refractivity contribution in [3.8, 4) is 6.07 Å². The molecule has 0 amide bonds. The van der Waals surface area contributed by atoms with Crippen molar-refractivity contribution >= 4 is 11.7 Å². The van der Waals surface area contributed by atoms with E-state index in [0.29, 0.717) is 24.2 Å². The molecule has 17 heavy (non-hydrogen) atoms. The fraction of sp³-hybridized carbons (Fsp3) is 0.417. The molecule has 0 saturated heterocycles. The van der Waals surface area contributed by atoms with Crippen LogP contribution in [0.4, 0.5) is 5.69 Å². The van der Waals surface area contributed by atoms with Crippen molar-refractivity contribution in [1.29, 1.82) is 5.26 Å². The lowest BCUT2D eigenvalue weighted by Gasteiger charge is -2.13. The Kier molecular flexibility index (Phi) is 4.95. The standard InChI is InChI=1S/C12H15N3O2/c1-2-3-10(12(16)17)7-15-11-8-14-5-4-9(11)6-13/h4-5,8,10,15H,2-3,7H2,1H3,(H,16,17). The fourth-order valence-electron chi connectivity index (χ4n) is 1.53. The zero-order valence-electron chi connectivity index (χ0n) is 9.68. The first-order valence-corrected chi connectivity index (χ1v) is 5.49. The number of nitrogens with zero attached hydrogens (tertiary/aromatic N) is 2. The Labute approximate surface area is 100 Å². The number of carbonyl (C=O) groups is 1. The van der Waals surface area contributed by atoms with Crippen LogP contribution >= 0.6 is 0 Å². The van der Waals surface area contributed by atoms with Gasteiger partial charge in [-0.15, -0.1) is 0 Å². The van der Waals surface area contributed by atoms with E-state index in [9.17, 15) is 4.79 Å². The van der Waals surface area contributed by atoms with Crippen LogP contribution in [0.3, 0.4) is 0 Å². The Bertz CT molecular complexity index is 426. The Morgan fingerprint density at radius 3 is 3.06 bits per heavy atom. The molecule has 0 aliphatic carbocycles. The molecule has 0 fully saturated rings. The number of carboxylic acids is 1. The van der Waals surface area contributed by atoms with Gasteiger partial charge in [0.05, 0.1) is 23.4 Å². The molecule has 0 aliphatic rings. The summed E-state index contributed by atoms with van der Waals surface area (Å²) in [5.41, 5.74) is 1.05. The fourth-order valence-corrected chi connectivity index (χ4v) is 1.53. The molecule has 2 N–H and O–H groups in total. The first-order chi connectivity index (χ1) is 8.19. The topological polar surface area (TPSA) is 86.0 Å². The van der Waals surface area contributed by atoms with Crippen molar-refractivity contribution < 1.29 is 9.90 Å². The van der Waals surface area contributed by atoms with E-state index < -0.39 is 11.9 Å². The SMILES string of the molecule is CCCC(CNc1cnccc1C#N)C(=O)O. The van der Waals surface area contributed by atoms with E-state index in [2.05, 4.69) is 10.3 Å². The number of carboxylic acid groups (broad SMARTS) is 1. The Morgan fingerprint density at radius 1 is 1.71 bits per heavy atom. The molecule has 1 aromatic rings. The van der Waals surface area contributed by atoms with E-state index in [1.54, 1.807) is 6.07 Å². The Morgan fingerprint density at radius 2 is 2.47 bits per heavy atom. The highest BCUT2D eigenvalue weighted by Crippen LogP contribution is 2.14. The van der Waals surface area contributed by atoms with Crippen LogP contribution in [-0.2, 0) is 4.79 Å². The van der Waals surface area contributed by atoms with Gasteiger partial charge in [0.2, 0.25) is 0 Å². The summed E-state index contributed by atoms with van der Waals surface area (Å²) in [6.45, 7) is 2.25. The Hall–Kier alpha value is -2.09. The zero-order valence-corrected chi connectivity index (χ0v) is 9.68. The molecule has 0 aromatic carbocycles. The molecule has 0 spiro atoms. The van der Waals surface area contributed by atoms with Crippen molar-refractivity contribution in [3.05, 3.63) is 24.0 Å². The summed E-state index contributed by atoms with van der Waals surface area (Å²) in [5.74, 6) is -1.26. The predicted octanol–water partition coefficient (Wildman–Crippen LogP) is 1.87. The van der Waals surface area contributed by atoms with Crippen LogP contribution in [-0.4, -0.2) is 22.6 Å². The highest BCUT2D eigenvalue weighted by atomic mass is 16.4. The average molecular weight is 233 g/mol. The minimum absolute atomic E-state index is 0.309. The van der Waals surface area contributed by atoms with Crippen molar-refractivity contribution in [2.75, 3.05) is 11.9 Å². The number of anilines is 1. The Balaban J connectivity index is 2.65. The number of rotatable bonds is 6. The molecule has 90 valence electrons. The third kappa shape index (κ3) is 3.76. The highest BCUT2D eigenvalue weighted by Gasteiger charge is 2.16. The smallest absolute Gasteiger partial charge is 0.308 e. The lowest BCUT2D eigenvalue weighted by Crippen LogP contribution is -2.23. The van der Waals surface area contributed by atoms with Gasteiger partial charge in [0.15, 0.2) is 0 Å². The van der Waals surface area contributed by atoms with Gasteiger partial charge in [-0.05, 0) is 12.5 Å². The quantitative estimate of drug-likeness (QED) is 0.783. The molecule has 1 atom stereocenters. The van der Waals surface area contributed by atoms with Gasteiger partial charge < -0.3 is 10.4 Å². The molecular weight excluding hydrogens is 218 g/mol. The van der Waals surface area contributed by atoms with Gasteiger partial charge in [-0.25, -0.2) is 0 Å². The van der Waals surface area contributed by atoms with Crippen molar-refractivity contribution in [2.45, 2.75) is 19.8 Å². The monoisotopic (exact) mass is 233 g/mol. The van der Waals surface area contributed by atoms with Crippen molar-refractivity contribution in [2.24, 2.45) is 5.92 Å². The van der Waals surface area contributed by atoms with E-state index >= 15 is 0 Å². The van der Waals surface area contributed by atoms with E-state index in [1.165, 1.54) is 12.4 Å². The molecular formula is C12H15N3O2. The van der Waals surface area contributed by atoms with Gasteiger partial charge in [0, 0.05) is 12.7 Å². The van der Waals surface area contributed by atoms with Crippen molar-refractivity contribution in [1.82, 2.24) is 4.98 Å². The lowest BCUT2D eigenvalue weighted by molar-refractivity contribution is -0.141. The van der Waals surface area contributed by atoms with E-state index in [1.807, 2.05) is 13.0 Å². The second kappa shape index (κ2) is 6.48. The summed E-state index contributed by atoms with van der Waals surface area (Å²) in [4.78, 5) is 14.8. The third-order valence-electron chi connectivity index (χ3n) is 2.47. The molecule has 1 rings (SSSR count). The van der Waals surface area contributed by atoms with Gasteiger partial charge in [-0.2, -0.15) is 5.26 Å². The minimum atomic E-state index is -0.818. The summed E-state index contributed by atoms with van der Waals surface area (Å²) in [6.07, 6.45) is 4.50. The number of aromatic nitrogens is 1. The summed E-state index contributed by atoms with van der Waals surface area (Å²) in [7, 11) is 0. The summed E-state index contributed by atoms with van der Waals surface area (Å²) >= 11 is 0. The van der Waals surface area contributed by atoms with Crippen LogP contribution < -0.4 is 5.32 Å². The van der Waals surface area contributed by atoms with Crippen LogP contribution in [0.2, 0.25) is 0 Å². The van der Waals surface area contributed by atoms with Gasteiger partial charge >= 0.3 is 5.97 Å². The zero-order chi connectivity index (χ0) is 12.7. The summed E-state index contributed by atoms with van der Waals surface area (Å²) < 4.78 is 0. The summed E-state index contributed by atoms with van der Waals surface area (Å²) in [6, 6.07) is 3.63. The van der Waals surface area contributed by atoms with Crippen LogP contribution in [0.15, 0.2) is 18.5 Å². The van der Waals surface area contributed by atoms with E-state index in [-0.39, 0.29) is 0 Å². The molecule has 0 radical (unpaired) electrons. The van der Waals surface area contributed by atoms with E-state index in [4.69, 9.17) is 10.4 Å². The molecule has 0 aliphatic heterocycles. The van der Waals surface area contributed by atoms with Gasteiger partial charge in [-0.1, -0.05) is 13.3 Å². The van der Waals surface area contributed by atoms with Gasteiger partial charge in [0.1, 0.15) is 6.07 Å². The maximum Gasteiger partial charge on any atom is 0.308 e. The normalized spacial score (nSPS) is 11.5. The van der Waals surface area contributed by atoms with E-state index in [0.717, 1.165) is 6.42 Å². The first-order valence-electron chi connectivity index (χ1n) is 5.49. The maximum absolute atomic E-state index is 10.9. The second-order valence-electron chi connectivity index (χ2n) is 3.74. The maximum atomic E-state index is 10.9. The number of nitriles is 1. The molecule has 0 saturated carbocycles. The van der Waals surface area contributed by atoms with Crippen molar-refractivity contribution in [3.63, 3.8) is 0 Å². The number of nitrogens with one attached hydrogen (secondary N) is 1. The molecule has 1 aromatic heterocycles. The van der Waals surface area contributed by atoms with Gasteiger partial charge in [0.25, 0.3) is 0 Å². The predicted molar refractivity (Wildman–Crippen MR) is 63.5 cm³/mol. The number of hydrogen-bond acceptors (Lipinski definition) is 4. The van der Waals surface area contributed by atoms with Crippen LogP contribution in [0, 0.1) is 17.2 Å². The third-order valence-corrected chi connectivity index (χ3v) is 2.47. The number of pyridine rings is 1. The molecule has 0 bridgehead atoms. The average Bonchev–Trinajstić information content (AvgIpc) is 2.34. The van der Waals surface area contributed by atoms with Crippen LogP contribution in [0.1, 0.15) is 25.3 Å². The molecule has 5 nitrogen and oxygen atoms in total. The van der Waals surface area contributed by atoms with Gasteiger partial charge in [-0.3, -0.25) is 9.78 Å². The largest absolute Gasteiger partial charge is 0.481 e. The lowest BCUT2D eigenvalue weighted by atomic mass is 10.0.